The van der Waals surface area contributed by atoms with Crippen molar-refractivity contribution < 1.29 is 18.3 Å². The van der Waals surface area contributed by atoms with Crippen LogP contribution in [0.25, 0.3) is 11.1 Å². The van der Waals surface area contributed by atoms with Crippen molar-refractivity contribution in [3.05, 3.63) is 53.6 Å². The summed E-state index contributed by atoms with van der Waals surface area (Å²) in [6.45, 7) is 1.88. The van der Waals surface area contributed by atoms with Gasteiger partial charge in [-0.05, 0) is 30.7 Å². The predicted molar refractivity (Wildman–Crippen MR) is 63.3 cm³/mol. The summed E-state index contributed by atoms with van der Waals surface area (Å²) < 4.78 is 37.8. The van der Waals surface area contributed by atoms with Gasteiger partial charge in [-0.2, -0.15) is 13.2 Å². The van der Waals surface area contributed by atoms with Crippen LogP contribution in [0, 0.1) is 6.92 Å². The molecule has 0 spiro atoms. The number of aryl methyl sites for hydroxylation is 1. The summed E-state index contributed by atoms with van der Waals surface area (Å²) in [4.78, 5) is 0. The van der Waals surface area contributed by atoms with E-state index in [4.69, 9.17) is 0 Å². The summed E-state index contributed by atoms with van der Waals surface area (Å²) in [5.41, 5.74) is 0.982. The van der Waals surface area contributed by atoms with Crippen LogP contribution in [-0.2, 0) is 6.18 Å². The second kappa shape index (κ2) is 4.37. The minimum atomic E-state index is -4.41. The SMILES string of the molecule is Cc1ccc(-c2cc(C(F)(F)F)ccc2O)cc1. The van der Waals surface area contributed by atoms with Crippen molar-refractivity contribution in [2.24, 2.45) is 0 Å². The average Bonchev–Trinajstić information content (AvgIpc) is 2.29. The molecule has 0 atom stereocenters. The van der Waals surface area contributed by atoms with Gasteiger partial charge in [0.2, 0.25) is 0 Å². The number of alkyl halides is 3. The molecule has 2 rings (SSSR count). The van der Waals surface area contributed by atoms with Crippen molar-refractivity contribution in [3.8, 4) is 16.9 Å². The van der Waals surface area contributed by atoms with Crippen LogP contribution in [0.4, 0.5) is 13.2 Å². The van der Waals surface area contributed by atoms with E-state index >= 15 is 0 Å². The minimum Gasteiger partial charge on any atom is -0.507 e. The second-order valence-corrected chi connectivity index (χ2v) is 4.10. The third-order valence-electron chi connectivity index (χ3n) is 2.69. The normalized spacial score (nSPS) is 11.6. The first-order valence-corrected chi connectivity index (χ1v) is 5.35. The second-order valence-electron chi connectivity index (χ2n) is 4.10. The third kappa shape index (κ3) is 2.47. The molecule has 0 heterocycles. The Kier molecular flexibility index (Phi) is 3.03. The summed E-state index contributed by atoms with van der Waals surface area (Å²) in [6, 6.07) is 9.84. The molecule has 2 aromatic rings. The van der Waals surface area contributed by atoms with Gasteiger partial charge in [-0.3, -0.25) is 0 Å². The highest BCUT2D eigenvalue weighted by atomic mass is 19.4. The Balaban J connectivity index is 2.53. The van der Waals surface area contributed by atoms with Gasteiger partial charge in [0, 0.05) is 5.56 Å². The molecule has 0 unspecified atom stereocenters. The van der Waals surface area contributed by atoms with Gasteiger partial charge >= 0.3 is 6.18 Å². The molecule has 0 saturated carbocycles. The van der Waals surface area contributed by atoms with Crippen molar-refractivity contribution in [3.63, 3.8) is 0 Å². The summed E-state index contributed by atoms with van der Waals surface area (Å²) in [5.74, 6) is -0.160. The van der Waals surface area contributed by atoms with Crippen LogP contribution in [0.5, 0.6) is 5.75 Å². The van der Waals surface area contributed by atoms with E-state index < -0.39 is 11.7 Å². The average molecular weight is 252 g/mol. The largest absolute Gasteiger partial charge is 0.507 e. The fourth-order valence-corrected chi connectivity index (χ4v) is 1.68. The maximum absolute atomic E-state index is 12.6. The summed E-state index contributed by atoms with van der Waals surface area (Å²) in [6.07, 6.45) is -4.41. The van der Waals surface area contributed by atoms with Crippen LogP contribution < -0.4 is 0 Å². The van der Waals surface area contributed by atoms with Crippen LogP contribution in [0.1, 0.15) is 11.1 Å². The minimum absolute atomic E-state index is 0.160. The zero-order valence-electron chi connectivity index (χ0n) is 9.62. The quantitative estimate of drug-likeness (QED) is 0.798. The van der Waals surface area contributed by atoms with Gasteiger partial charge < -0.3 is 5.11 Å². The van der Waals surface area contributed by atoms with E-state index in [1.807, 2.05) is 6.92 Å². The maximum Gasteiger partial charge on any atom is 0.416 e. The molecule has 0 aromatic heterocycles. The number of halogens is 3. The van der Waals surface area contributed by atoms with Crippen molar-refractivity contribution in [1.82, 2.24) is 0 Å². The Bertz CT molecular complexity index is 556. The zero-order valence-corrected chi connectivity index (χ0v) is 9.62. The van der Waals surface area contributed by atoms with Crippen LogP contribution in [0.2, 0.25) is 0 Å². The topological polar surface area (TPSA) is 20.2 Å². The fourth-order valence-electron chi connectivity index (χ4n) is 1.68. The Labute approximate surface area is 103 Å². The molecule has 2 aromatic carbocycles. The summed E-state index contributed by atoms with van der Waals surface area (Å²) in [7, 11) is 0. The number of benzene rings is 2. The number of hydrogen-bond donors (Lipinski definition) is 1. The van der Waals surface area contributed by atoms with Gasteiger partial charge in [0.25, 0.3) is 0 Å². The van der Waals surface area contributed by atoms with E-state index in [0.29, 0.717) is 5.56 Å². The molecule has 94 valence electrons. The third-order valence-corrected chi connectivity index (χ3v) is 2.69. The molecular formula is C14H11F3O. The standard InChI is InChI=1S/C14H11F3O/c1-9-2-4-10(5-3-9)12-8-11(14(15,16)17)6-7-13(12)18/h2-8,18H,1H3. The molecule has 0 amide bonds. The lowest BCUT2D eigenvalue weighted by Crippen LogP contribution is -2.04. The van der Waals surface area contributed by atoms with Crippen molar-refractivity contribution in [2.45, 2.75) is 13.1 Å². The highest BCUT2D eigenvalue weighted by molar-refractivity contribution is 5.71. The van der Waals surface area contributed by atoms with Crippen LogP contribution >= 0.6 is 0 Å². The summed E-state index contributed by atoms with van der Waals surface area (Å²) >= 11 is 0. The molecule has 0 aliphatic carbocycles. The van der Waals surface area contributed by atoms with E-state index in [1.54, 1.807) is 24.3 Å². The number of phenols is 1. The van der Waals surface area contributed by atoms with Crippen molar-refractivity contribution in [1.29, 1.82) is 0 Å². The van der Waals surface area contributed by atoms with Gasteiger partial charge in [0.05, 0.1) is 5.56 Å². The van der Waals surface area contributed by atoms with Crippen LogP contribution in [-0.4, -0.2) is 5.11 Å². The monoisotopic (exact) mass is 252 g/mol. The molecule has 4 heteroatoms. The highest BCUT2D eigenvalue weighted by Gasteiger charge is 2.31. The first kappa shape index (κ1) is 12.5. The van der Waals surface area contributed by atoms with E-state index in [-0.39, 0.29) is 11.3 Å². The van der Waals surface area contributed by atoms with Gasteiger partial charge in [0.1, 0.15) is 5.75 Å². The van der Waals surface area contributed by atoms with Gasteiger partial charge in [-0.1, -0.05) is 29.8 Å². The highest BCUT2D eigenvalue weighted by Crippen LogP contribution is 2.36. The molecular weight excluding hydrogens is 241 g/mol. The van der Waals surface area contributed by atoms with E-state index in [2.05, 4.69) is 0 Å². The van der Waals surface area contributed by atoms with Crippen molar-refractivity contribution >= 4 is 0 Å². The van der Waals surface area contributed by atoms with Crippen molar-refractivity contribution in [2.75, 3.05) is 0 Å². The maximum atomic E-state index is 12.6. The predicted octanol–water partition coefficient (Wildman–Crippen LogP) is 4.39. The Morgan fingerprint density at radius 3 is 2.11 bits per heavy atom. The molecule has 18 heavy (non-hydrogen) atoms. The molecule has 1 nitrogen and oxygen atoms in total. The first-order chi connectivity index (χ1) is 8.38. The molecule has 0 fully saturated rings. The molecule has 1 N–H and O–H groups in total. The Hall–Kier alpha value is -1.97. The van der Waals surface area contributed by atoms with Gasteiger partial charge in [0.15, 0.2) is 0 Å². The Morgan fingerprint density at radius 1 is 0.944 bits per heavy atom. The Morgan fingerprint density at radius 2 is 1.56 bits per heavy atom. The lowest BCUT2D eigenvalue weighted by molar-refractivity contribution is -0.137. The fraction of sp³-hybridized carbons (Fsp3) is 0.143. The van der Waals surface area contributed by atoms with Crippen LogP contribution in [0.3, 0.4) is 0 Å². The molecule has 0 aliphatic rings. The summed E-state index contributed by atoms with van der Waals surface area (Å²) in [5, 5.41) is 9.66. The number of rotatable bonds is 1. The van der Waals surface area contributed by atoms with Gasteiger partial charge in [-0.15, -0.1) is 0 Å². The molecule has 0 aliphatic heterocycles. The molecule has 0 saturated heterocycles. The molecule has 0 bridgehead atoms. The van der Waals surface area contributed by atoms with E-state index in [0.717, 1.165) is 23.8 Å². The lowest BCUT2D eigenvalue weighted by atomic mass is 10.0. The lowest BCUT2D eigenvalue weighted by Gasteiger charge is -2.10. The smallest absolute Gasteiger partial charge is 0.416 e. The number of hydrogen-bond acceptors (Lipinski definition) is 1. The van der Waals surface area contributed by atoms with E-state index in [9.17, 15) is 18.3 Å². The molecule has 0 radical (unpaired) electrons. The van der Waals surface area contributed by atoms with E-state index in [1.165, 1.54) is 0 Å². The number of aromatic hydroxyl groups is 1. The first-order valence-electron chi connectivity index (χ1n) is 5.35. The zero-order chi connectivity index (χ0) is 13.3. The number of phenolic OH excluding ortho intramolecular Hbond substituents is 1. The van der Waals surface area contributed by atoms with Gasteiger partial charge in [-0.25, -0.2) is 0 Å². The van der Waals surface area contributed by atoms with Crippen LogP contribution in [0.15, 0.2) is 42.5 Å².